The molecular weight excluding hydrogens is 499 g/mol. The molecule has 2 amide bonds. The number of aromatic nitrogens is 5. The normalized spacial score (nSPS) is 17.7. The van der Waals surface area contributed by atoms with E-state index < -0.39 is 6.04 Å². The van der Waals surface area contributed by atoms with Crippen LogP contribution in [0.25, 0.3) is 21.7 Å². The lowest BCUT2D eigenvalue weighted by molar-refractivity contribution is -0.118. The number of benzene rings is 1. The second-order valence-electron chi connectivity index (χ2n) is 7.77. The van der Waals surface area contributed by atoms with Gasteiger partial charge in [-0.2, -0.15) is 0 Å². The Bertz CT molecular complexity index is 1400. The third-order valence-corrected chi connectivity index (χ3v) is 6.73. The van der Waals surface area contributed by atoms with E-state index in [0.29, 0.717) is 55.6 Å². The van der Waals surface area contributed by atoms with Gasteiger partial charge >= 0.3 is 0 Å². The molecule has 1 aliphatic rings. The minimum absolute atomic E-state index is 0.0452. The van der Waals surface area contributed by atoms with E-state index in [9.17, 15) is 9.59 Å². The largest absolute Gasteiger partial charge is 0.323 e. The first-order valence-corrected chi connectivity index (χ1v) is 11.9. The fraction of sp³-hybridized carbons (Fsp3) is 0.238. The number of rotatable bonds is 5. The number of nitrogens with zero attached hydrogens (tertiary/aromatic N) is 5. The molecule has 0 radical (unpaired) electrons. The van der Waals surface area contributed by atoms with Crippen molar-refractivity contribution in [2.45, 2.75) is 25.4 Å². The average Bonchev–Trinajstić information content (AvgIpc) is 3.53. The highest BCUT2D eigenvalue weighted by molar-refractivity contribution is 7.21. The SMILES string of the molecule is CC(=O)Nc1nc2ccc(-c3cn([C@@H]4CN[C@H](C(=O)Nc5ccc(Cl)cc5Cl)C4)nn3)nc2s1. The smallest absolute Gasteiger partial charge is 0.241 e. The molecule has 0 aliphatic carbocycles. The highest BCUT2D eigenvalue weighted by atomic mass is 35.5. The predicted molar refractivity (Wildman–Crippen MR) is 131 cm³/mol. The van der Waals surface area contributed by atoms with Crippen molar-refractivity contribution in [2.75, 3.05) is 17.2 Å². The van der Waals surface area contributed by atoms with Crippen LogP contribution in [-0.2, 0) is 9.59 Å². The van der Waals surface area contributed by atoms with Crippen LogP contribution in [0.3, 0.4) is 0 Å². The zero-order chi connectivity index (χ0) is 23.8. The summed E-state index contributed by atoms with van der Waals surface area (Å²) in [5.74, 6) is -0.366. The molecule has 3 aromatic heterocycles. The van der Waals surface area contributed by atoms with Crippen LogP contribution < -0.4 is 16.0 Å². The topological polar surface area (TPSA) is 127 Å². The molecule has 13 heteroatoms. The van der Waals surface area contributed by atoms with Gasteiger partial charge in [0.2, 0.25) is 11.8 Å². The minimum Gasteiger partial charge on any atom is -0.323 e. The van der Waals surface area contributed by atoms with Crippen LogP contribution in [0.4, 0.5) is 10.8 Å². The molecular formula is C21H18Cl2N8O2S. The molecule has 0 saturated carbocycles. The molecule has 1 saturated heterocycles. The number of carbonyl (C=O) groups excluding carboxylic acids is 2. The zero-order valence-corrected chi connectivity index (χ0v) is 20.1. The van der Waals surface area contributed by atoms with Crippen molar-refractivity contribution in [3.8, 4) is 11.4 Å². The Balaban J connectivity index is 1.27. The van der Waals surface area contributed by atoms with Gasteiger partial charge in [0.1, 0.15) is 16.0 Å². The van der Waals surface area contributed by atoms with E-state index in [-0.39, 0.29) is 17.9 Å². The van der Waals surface area contributed by atoms with Crippen molar-refractivity contribution in [3.05, 3.63) is 46.6 Å². The third-order valence-electron chi connectivity index (χ3n) is 5.30. The van der Waals surface area contributed by atoms with Gasteiger partial charge in [0, 0.05) is 18.5 Å². The highest BCUT2D eigenvalue weighted by Crippen LogP contribution is 2.29. The fourth-order valence-corrected chi connectivity index (χ4v) is 5.01. The molecule has 0 unspecified atom stereocenters. The van der Waals surface area contributed by atoms with Crippen molar-refractivity contribution in [1.29, 1.82) is 0 Å². The lowest BCUT2D eigenvalue weighted by Crippen LogP contribution is -2.35. The summed E-state index contributed by atoms with van der Waals surface area (Å²) in [5, 5.41) is 18.6. The van der Waals surface area contributed by atoms with Crippen LogP contribution in [0.1, 0.15) is 19.4 Å². The molecule has 0 bridgehead atoms. The molecule has 174 valence electrons. The number of thiazole rings is 1. The van der Waals surface area contributed by atoms with Crippen molar-refractivity contribution < 1.29 is 9.59 Å². The minimum atomic E-state index is -0.400. The van der Waals surface area contributed by atoms with E-state index >= 15 is 0 Å². The monoisotopic (exact) mass is 516 g/mol. The van der Waals surface area contributed by atoms with E-state index in [1.165, 1.54) is 18.3 Å². The summed E-state index contributed by atoms with van der Waals surface area (Å²) in [7, 11) is 0. The van der Waals surface area contributed by atoms with E-state index in [0.717, 1.165) is 0 Å². The van der Waals surface area contributed by atoms with Gasteiger partial charge in [0.15, 0.2) is 5.13 Å². The number of halogens is 2. The van der Waals surface area contributed by atoms with Crippen LogP contribution >= 0.6 is 34.5 Å². The average molecular weight is 517 g/mol. The molecule has 4 aromatic rings. The summed E-state index contributed by atoms with van der Waals surface area (Å²) in [6.45, 7) is 2.00. The number of carbonyl (C=O) groups is 2. The molecule has 1 fully saturated rings. The van der Waals surface area contributed by atoms with E-state index in [1.54, 1.807) is 22.9 Å². The van der Waals surface area contributed by atoms with E-state index in [2.05, 4.69) is 36.2 Å². The summed E-state index contributed by atoms with van der Waals surface area (Å²) in [4.78, 5) is 33.6. The number of hydrogen-bond acceptors (Lipinski definition) is 8. The number of hydrogen-bond donors (Lipinski definition) is 3. The van der Waals surface area contributed by atoms with Gasteiger partial charge < -0.3 is 16.0 Å². The van der Waals surface area contributed by atoms with Crippen LogP contribution in [0.15, 0.2) is 36.5 Å². The maximum atomic E-state index is 12.7. The predicted octanol–water partition coefficient (Wildman–Crippen LogP) is 3.76. The molecule has 4 heterocycles. The van der Waals surface area contributed by atoms with Crippen molar-refractivity contribution in [3.63, 3.8) is 0 Å². The lowest BCUT2D eigenvalue weighted by atomic mass is 10.1. The Morgan fingerprint density at radius 1 is 1.15 bits per heavy atom. The van der Waals surface area contributed by atoms with Crippen molar-refractivity contribution in [2.24, 2.45) is 0 Å². The molecule has 5 rings (SSSR count). The van der Waals surface area contributed by atoms with Crippen LogP contribution in [-0.4, -0.2) is 49.4 Å². The van der Waals surface area contributed by atoms with Gasteiger partial charge in [-0.1, -0.05) is 39.8 Å². The van der Waals surface area contributed by atoms with Crippen LogP contribution in [0.2, 0.25) is 10.0 Å². The maximum Gasteiger partial charge on any atom is 0.241 e. The van der Waals surface area contributed by atoms with Gasteiger partial charge in [-0.3, -0.25) is 9.59 Å². The molecule has 1 aliphatic heterocycles. The molecule has 10 nitrogen and oxygen atoms in total. The number of amides is 2. The van der Waals surface area contributed by atoms with Gasteiger partial charge in [-0.25, -0.2) is 14.6 Å². The summed E-state index contributed by atoms with van der Waals surface area (Å²) < 4.78 is 1.74. The maximum absolute atomic E-state index is 12.7. The van der Waals surface area contributed by atoms with Crippen molar-refractivity contribution in [1.82, 2.24) is 30.3 Å². The molecule has 0 spiro atoms. The Kier molecular flexibility index (Phi) is 6.17. The number of pyridine rings is 1. The summed E-state index contributed by atoms with van der Waals surface area (Å²) in [6.07, 6.45) is 2.36. The molecule has 1 aromatic carbocycles. The molecule has 3 N–H and O–H groups in total. The standard InChI is InChI=1S/C21H18Cl2N8O2S/c1-10(32)25-21-28-16-5-4-15(27-20(16)34-21)18-9-31(30-29-18)12-7-17(24-8-12)19(33)26-14-3-2-11(22)6-13(14)23/h2-6,9,12,17,24H,7-8H2,1H3,(H,26,33)(H,25,28,32)/t12-,17-/m0/s1. The Morgan fingerprint density at radius 2 is 2.00 bits per heavy atom. The van der Waals surface area contributed by atoms with Gasteiger partial charge in [0.25, 0.3) is 0 Å². The molecule has 2 atom stereocenters. The zero-order valence-electron chi connectivity index (χ0n) is 17.7. The highest BCUT2D eigenvalue weighted by Gasteiger charge is 2.31. The van der Waals surface area contributed by atoms with Gasteiger partial charge in [-0.15, -0.1) is 5.10 Å². The summed E-state index contributed by atoms with van der Waals surface area (Å²) in [5.41, 5.74) is 2.46. The first-order chi connectivity index (χ1) is 16.4. The Hall–Kier alpha value is -3.12. The first kappa shape index (κ1) is 22.7. The summed E-state index contributed by atoms with van der Waals surface area (Å²) in [6, 6.07) is 8.12. The lowest BCUT2D eigenvalue weighted by Gasteiger charge is -2.12. The third kappa shape index (κ3) is 4.73. The summed E-state index contributed by atoms with van der Waals surface area (Å²) >= 11 is 13.4. The first-order valence-electron chi connectivity index (χ1n) is 10.3. The van der Waals surface area contributed by atoms with Gasteiger partial charge in [-0.05, 0) is 36.8 Å². The van der Waals surface area contributed by atoms with Crippen LogP contribution in [0.5, 0.6) is 0 Å². The number of anilines is 2. The quantitative estimate of drug-likeness (QED) is 0.368. The van der Waals surface area contributed by atoms with Crippen molar-refractivity contribution >= 4 is 67.5 Å². The molecule has 34 heavy (non-hydrogen) atoms. The Labute approximate surface area is 207 Å². The second kappa shape index (κ2) is 9.26. The number of fused-ring (bicyclic) bond motifs is 1. The van der Waals surface area contributed by atoms with E-state index in [1.807, 2.05) is 18.3 Å². The van der Waals surface area contributed by atoms with E-state index in [4.69, 9.17) is 23.2 Å². The Morgan fingerprint density at radius 3 is 2.79 bits per heavy atom. The number of nitrogens with one attached hydrogen (secondary N) is 3. The van der Waals surface area contributed by atoms with Gasteiger partial charge in [0.05, 0.1) is 34.7 Å². The van der Waals surface area contributed by atoms with Crippen LogP contribution in [0, 0.1) is 0 Å². The second-order valence-corrected chi connectivity index (χ2v) is 9.59. The fourth-order valence-electron chi connectivity index (χ4n) is 3.67.